The zero-order chi connectivity index (χ0) is 19.9. The lowest BCUT2D eigenvalue weighted by Gasteiger charge is -2.34. The van der Waals surface area contributed by atoms with Gasteiger partial charge in [-0.2, -0.15) is 0 Å². The van der Waals surface area contributed by atoms with Gasteiger partial charge in [0.2, 0.25) is 11.8 Å². The summed E-state index contributed by atoms with van der Waals surface area (Å²) in [7, 11) is 0. The highest BCUT2D eigenvalue weighted by Crippen LogP contribution is 2.19. The van der Waals surface area contributed by atoms with Crippen molar-refractivity contribution in [2.24, 2.45) is 0 Å². The minimum atomic E-state index is -0.282. The van der Waals surface area contributed by atoms with Crippen molar-refractivity contribution >= 4 is 28.3 Å². The molecule has 2 amide bonds. The lowest BCUT2D eigenvalue weighted by molar-refractivity contribution is -0.123. The smallest absolute Gasteiger partial charge is 0.245 e. The summed E-state index contributed by atoms with van der Waals surface area (Å²) >= 11 is 1.39. The number of morpholine rings is 1. The highest BCUT2D eigenvalue weighted by molar-refractivity contribution is 7.13. The van der Waals surface area contributed by atoms with E-state index in [2.05, 4.69) is 34.4 Å². The summed E-state index contributed by atoms with van der Waals surface area (Å²) in [6.07, 6.45) is 0.674. The molecule has 1 aliphatic heterocycles. The third-order valence-corrected chi connectivity index (χ3v) is 5.14. The molecule has 1 aromatic heterocycles. The number of anilines is 1. The molecule has 7 nitrogen and oxygen atoms in total. The summed E-state index contributed by atoms with van der Waals surface area (Å²) in [4.78, 5) is 30.8. The summed E-state index contributed by atoms with van der Waals surface area (Å²) in [5.74, 6) is -0.465. The van der Waals surface area contributed by atoms with Crippen molar-refractivity contribution in [1.82, 2.24) is 15.2 Å². The predicted octanol–water partition coefficient (Wildman–Crippen LogP) is 2.05. The SMILES string of the molecule is CC1CN(Cc2csc(NC(=O)CNC(=O)Cc3ccccc3)n2)CC(C)O1. The number of thiazole rings is 1. The molecule has 28 heavy (non-hydrogen) atoms. The first-order valence-electron chi connectivity index (χ1n) is 9.40. The Kier molecular flexibility index (Phi) is 7.13. The Hall–Kier alpha value is -2.29. The van der Waals surface area contributed by atoms with Crippen molar-refractivity contribution in [3.63, 3.8) is 0 Å². The third-order valence-electron chi connectivity index (χ3n) is 4.33. The van der Waals surface area contributed by atoms with Gasteiger partial charge >= 0.3 is 0 Å². The Labute approximate surface area is 169 Å². The molecule has 150 valence electrons. The number of benzene rings is 1. The standard InChI is InChI=1S/C20H26N4O3S/c1-14-10-24(11-15(2)27-14)12-17-13-28-20(22-17)23-19(26)9-21-18(25)8-16-6-4-3-5-7-16/h3-7,13-15H,8-12H2,1-2H3,(H,21,25)(H,22,23,26). The van der Waals surface area contributed by atoms with Crippen LogP contribution in [-0.4, -0.2) is 53.5 Å². The fourth-order valence-corrected chi connectivity index (χ4v) is 3.98. The highest BCUT2D eigenvalue weighted by Gasteiger charge is 2.22. The second-order valence-corrected chi connectivity index (χ2v) is 7.94. The van der Waals surface area contributed by atoms with Gasteiger partial charge in [-0.25, -0.2) is 4.98 Å². The monoisotopic (exact) mass is 402 g/mol. The van der Waals surface area contributed by atoms with Gasteiger partial charge in [0.1, 0.15) is 0 Å². The second-order valence-electron chi connectivity index (χ2n) is 7.08. The molecule has 0 aliphatic carbocycles. The van der Waals surface area contributed by atoms with Gasteiger partial charge in [0.05, 0.1) is 30.9 Å². The van der Waals surface area contributed by atoms with E-state index in [0.717, 1.165) is 30.9 Å². The number of carbonyl (C=O) groups is 2. The fraction of sp³-hybridized carbons (Fsp3) is 0.450. The first kappa shape index (κ1) is 20.4. The van der Waals surface area contributed by atoms with Crippen molar-refractivity contribution in [2.75, 3.05) is 25.0 Å². The average molecular weight is 403 g/mol. The van der Waals surface area contributed by atoms with Crippen LogP contribution < -0.4 is 10.6 Å². The van der Waals surface area contributed by atoms with Crippen molar-refractivity contribution in [3.8, 4) is 0 Å². The number of nitrogens with zero attached hydrogens (tertiary/aromatic N) is 2. The predicted molar refractivity (Wildman–Crippen MR) is 109 cm³/mol. The van der Waals surface area contributed by atoms with Gasteiger partial charge < -0.3 is 15.4 Å². The number of hydrogen-bond acceptors (Lipinski definition) is 6. The Morgan fingerprint density at radius 3 is 2.61 bits per heavy atom. The lowest BCUT2D eigenvalue weighted by atomic mass is 10.1. The van der Waals surface area contributed by atoms with Gasteiger partial charge in [0.25, 0.3) is 0 Å². The highest BCUT2D eigenvalue weighted by atomic mass is 32.1. The van der Waals surface area contributed by atoms with Crippen LogP contribution in [0.5, 0.6) is 0 Å². The van der Waals surface area contributed by atoms with E-state index in [4.69, 9.17) is 4.74 Å². The largest absolute Gasteiger partial charge is 0.373 e. The molecule has 2 unspecified atom stereocenters. The number of ether oxygens (including phenoxy) is 1. The molecule has 0 saturated carbocycles. The summed E-state index contributed by atoms with van der Waals surface area (Å²) in [5.41, 5.74) is 1.84. The topological polar surface area (TPSA) is 83.6 Å². The molecule has 2 aromatic rings. The summed E-state index contributed by atoms with van der Waals surface area (Å²) < 4.78 is 5.74. The van der Waals surface area contributed by atoms with Gasteiger partial charge in [-0.1, -0.05) is 30.3 Å². The van der Waals surface area contributed by atoms with E-state index in [1.54, 1.807) is 0 Å². The molecule has 1 saturated heterocycles. The molecule has 2 atom stereocenters. The number of aromatic nitrogens is 1. The maximum atomic E-state index is 12.1. The van der Waals surface area contributed by atoms with Crippen molar-refractivity contribution in [1.29, 1.82) is 0 Å². The average Bonchev–Trinajstić information content (AvgIpc) is 3.06. The fourth-order valence-electron chi connectivity index (χ4n) is 3.27. The van der Waals surface area contributed by atoms with E-state index in [1.165, 1.54) is 11.3 Å². The maximum Gasteiger partial charge on any atom is 0.245 e. The Morgan fingerprint density at radius 1 is 1.18 bits per heavy atom. The van der Waals surface area contributed by atoms with Crippen molar-refractivity contribution < 1.29 is 14.3 Å². The number of amides is 2. The quantitative estimate of drug-likeness (QED) is 0.741. The molecular formula is C20H26N4O3S. The number of carbonyl (C=O) groups excluding carboxylic acids is 2. The molecule has 0 bridgehead atoms. The van der Waals surface area contributed by atoms with Crippen molar-refractivity contribution in [3.05, 3.63) is 47.0 Å². The molecule has 1 fully saturated rings. The molecule has 0 spiro atoms. The van der Waals surface area contributed by atoms with Crippen molar-refractivity contribution in [2.45, 2.75) is 39.0 Å². The molecule has 2 N–H and O–H groups in total. The Balaban J connectivity index is 1.41. The molecule has 2 heterocycles. The molecule has 8 heteroatoms. The summed E-state index contributed by atoms with van der Waals surface area (Å²) in [6.45, 7) is 6.55. The van der Waals surface area contributed by atoms with Crippen LogP contribution in [0.4, 0.5) is 5.13 Å². The van der Waals surface area contributed by atoms with Gasteiger partial charge in [-0.05, 0) is 19.4 Å². The van der Waals surface area contributed by atoms with E-state index in [0.29, 0.717) is 5.13 Å². The van der Waals surface area contributed by atoms with Crippen LogP contribution in [0.1, 0.15) is 25.1 Å². The van der Waals surface area contributed by atoms with Crippen LogP contribution in [0, 0.1) is 0 Å². The molecule has 1 aromatic carbocycles. The maximum absolute atomic E-state index is 12.1. The van der Waals surface area contributed by atoms with E-state index in [1.807, 2.05) is 35.7 Å². The van der Waals surface area contributed by atoms with E-state index < -0.39 is 0 Å². The van der Waals surface area contributed by atoms with Gasteiger partial charge in [-0.3, -0.25) is 14.5 Å². The first-order valence-corrected chi connectivity index (χ1v) is 10.3. The Bertz CT molecular complexity index is 786. The second kappa shape index (κ2) is 9.77. The van der Waals surface area contributed by atoms with Crippen LogP contribution in [0.15, 0.2) is 35.7 Å². The van der Waals surface area contributed by atoms with Crippen LogP contribution in [-0.2, 0) is 27.3 Å². The molecule has 0 radical (unpaired) electrons. The number of rotatable bonds is 7. The summed E-state index contributed by atoms with van der Waals surface area (Å²) in [5, 5.41) is 7.88. The van der Waals surface area contributed by atoms with Gasteiger partial charge in [0, 0.05) is 25.0 Å². The zero-order valence-electron chi connectivity index (χ0n) is 16.2. The molecular weight excluding hydrogens is 376 g/mol. The first-order chi connectivity index (χ1) is 13.5. The van der Waals surface area contributed by atoms with Crippen LogP contribution >= 0.6 is 11.3 Å². The minimum absolute atomic E-state index is 0.0704. The summed E-state index contributed by atoms with van der Waals surface area (Å²) in [6, 6.07) is 9.43. The molecule has 3 rings (SSSR count). The van der Waals surface area contributed by atoms with E-state index in [-0.39, 0.29) is 37.0 Å². The normalized spacial score (nSPS) is 19.9. The lowest BCUT2D eigenvalue weighted by Crippen LogP contribution is -2.44. The van der Waals surface area contributed by atoms with Crippen LogP contribution in [0.3, 0.4) is 0 Å². The Morgan fingerprint density at radius 2 is 1.89 bits per heavy atom. The van der Waals surface area contributed by atoms with Gasteiger partial charge in [-0.15, -0.1) is 11.3 Å². The van der Waals surface area contributed by atoms with Gasteiger partial charge in [0.15, 0.2) is 5.13 Å². The van der Waals surface area contributed by atoms with Crippen LogP contribution in [0.2, 0.25) is 0 Å². The van der Waals surface area contributed by atoms with Crippen LogP contribution in [0.25, 0.3) is 0 Å². The minimum Gasteiger partial charge on any atom is -0.373 e. The van der Waals surface area contributed by atoms with E-state index in [9.17, 15) is 9.59 Å². The van der Waals surface area contributed by atoms with E-state index >= 15 is 0 Å². The number of hydrogen-bond donors (Lipinski definition) is 2. The zero-order valence-corrected chi connectivity index (χ0v) is 17.0. The molecule has 1 aliphatic rings. The number of nitrogens with one attached hydrogen (secondary N) is 2. The third kappa shape index (κ3) is 6.40.